The second-order valence-corrected chi connectivity index (χ2v) is 5.28. The maximum atomic E-state index is 11.6. The minimum Gasteiger partial charge on any atom is -0.376 e. The molecule has 0 radical (unpaired) electrons. The van der Waals surface area contributed by atoms with E-state index < -0.39 is 4.92 Å². The zero-order valence-electron chi connectivity index (χ0n) is 12.8. The van der Waals surface area contributed by atoms with E-state index in [2.05, 4.69) is 10.6 Å². The van der Waals surface area contributed by atoms with Gasteiger partial charge in [0.15, 0.2) is 0 Å². The summed E-state index contributed by atoms with van der Waals surface area (Å²) in [5.74, 6) is -0.346. The Labute approximate surface area is 129 Å². The third-order valence-electron chi connectivity index (χ3n) is 3.88. The summed E-state index contributed by atoms with van der Waals surface area (Å²) in [6, 6.07) is 4.48. The van der Waals surface area contributed by atoms with Gasteiger partial charge >= 0.3 is 0 Å². The fourth-order valence-electron chi connectivity index (χ4n) is 2.67. The molecular formula is C15H21N3O4. The molecule has 2 atom stereocenters. The van der Waals surface area contributed by atoms with E-state index in [9.17, 15) is 14.9 Å². The van der Waals surface area contributed by atoms with E-state index >= 15 is 0 Å². The van der Waals surface area contributed by atoms with Crippen molar-refractivity contribution in [3.63, 3.8) is 0 Å². The molecule has 7 heteroatoms. The number of nitro benzene ring substituents is 1. The summed E-state index contributed by atoms with van der Waals surface area (Å²) in [5, 5.41) is 16.9. The summed E-state index contributed by atoms with van der Waals surface area (Å²) >= 11 is 0. The summed E-state index contributed by atoms with van der Waals surface area (Å²) in [7, 11) is 1.49. The van der Waals surface area contributed by atoms with Crippen molar-refractivity contribution in [1.82, 2.24) is 5.32 Å². The highest BCUT2D eigenvalue weighted by molar-refractivity contribution is 5.95. The summed E-state index contributed by atoms with van der Waals surface area (Å²) in [4.78, 5) is 22.4. The van der Waals surface area contributed by atoms with E-state index in [0.717, 1.165) is 25.9 Å². The number of nitrogens with zero attached hydrogens (tertiary/aromatic N) is 1. The van der Waals surface area contributed by atoms with E-state index in [-0.39, 0.29) is 29.3 Å². The Bertz CT molecular complexity index is 556. The molecule has 120 valence electrons. The predicted octanol–water partition coefficient (Wildman–Crippen LogP) is 2.32. The van der Waals surface area contributed by atoms with Gasteiger partial charge in [0.25, 0.3) is 11.6 Å². The van der Waals surface area contributed by atoms with E-state index in [4.69, 9.17) is 4.74 Å². The number of anilines is 1. The number of nitro groups is 1. The summed E-state index contributed by atoms with van der Waals surface area (Å²) in [5.41, 5.74) is 0.586. The van der Waals surface area contributed by atoms with E-state index in [1.165, 1.54) is 13.1 Å². The molecule has 2 unspecified atom stereocenters. The van der Waals surface area contributed by atoms with Crippen molar-refractivity contribution in [3.8, 4) is 0 Å². The highest BCUT2D eigenvalue weighted by Gasteiger charge is 2.27. The number of nitrogens with one attached hydrogen (secondary N) is 2. The Morgan fingerprint density at radius 3 is 2.86 bits per heavy atom. The van der Waals surface area contributed by atoms with E-state index in [1.807, 2.05) is 6.92 Å². The van der Waals surface area contributed by atoms with Gasteiger partial charge in [-0.2, -0.15) is 0 Å². The van der Waals surface area contributed by atoms with Crippen LogP contribution in [0.4, 0.5) is 11.4 Å². The number of carbonyl (C=O) groups excluding carboxylic acids is 1. The van der Waals surface area contributed by atoms with Crippen molar-refractivity contribution < 1.29 is 14.5 Å². The average Bonchev–Trinajstić information content (AvgIpc) is 3.05. The quantitative estimate of drug-likeness (QED) is 0.621. The van der Waals surface area contributed by atoms with Crippen molar-refractivity contribution >= 4 is 17.3 Å². The SMILES string of the molecule is CCC(Nc1ccc(C(=O)NC)cc1[N+](=O)[O-])C1CCCO1. The van der Waals surface area contributed by atoms with Gasteiger partial charge in [0.05, 0.1) is 17.1 Å². The first-order valence-corrected chi connectivity index (χ1v) is 7.45. The number of rotatable bonds is 6. The van der Waals surface area contributed by atoms with Crippen molar-refractivity contribution in [2.24, 2.45) is 0 Å². The van der Waals surface area contributed by atoms with Gasteiger partial charge in [-0.25, -0.2) is 0 Å². The van der Waals surface area contributed by atoms with E-state index in [1.54, 1.807) is 12.1 Å². The van der Waals surface area contributed by atoms with Crippen molar-refractivity contribution in [1.29, 1.82) is 0 Å². The molecule has 1 aromatic carbocycles. The Kier molecular flexibility index (Phi) is 5.32. The lowest BCUT2D eigenvalue weighted by molar-refractivity contribution is -0.384. The monoisotopic (exact) mass is 307 g/mol. The molecule has 1 fully saturated rings. The van der Waals surface area contributed by atoms with Crippen molar-refractivity contribution in [2.75, 3.05) is 19.0 Å². The lowest BCUT2D eigenvalue weighted by atomic mass is 10.0. The minimum atomic E-state index is -0.475. The molecule has 1 aromatic rings. The fourth-order valence-corrected chi connectivity index (χ4v) is 2.67. The van der Waals surface area contributed by atoms with Crippen LogP contribution in [0.2, 0.25) is 0 Å². The molecule has 2 N–H and O–H groups in total. The first kappa shape index (κ1) is 16.2. The summed E-state index contributed by atoms with van der Waals surface area (Å²) in [6.45, 7) is 2.75. The minimum absolute atomic E-state index is 0.0204. The molecular weight excluding hydrogens is 286 g/mol. The molecule has 1 aliphatic rings. The Morgan fingerprint density at radius 1 is 1.55 bits per heavy atom. The highest BCUT2D eigenvalue weighted by Crippen LogP contribution is 2.29. The van der Waals surface area contributed by atoms with Crippen LogP contribution in [0, 0.1) is 10.1 Å². The number of ether oxygens (including phenoxy) is 1. The molecule has 0 spiro atoms. The topological polar surface area (TPSA) is 93.5 Å². The molecule has 1 amide bonds. The molecule has 7 nitrogen and oxygen atoms in total. The first-order chi connectivity index (χ1) is 10.6. The van der Waals surface area contributed by atoms with Crippen molar-refractivity contribution in [2.45, 2.75) is 38.3 Å². The molecule has 1 saturated heterocycles. The van der Waals surface area contributed by atoms with Gasteiger partial charge in [-0.3, -0.25) is 14.9 Å². The second kappa shape index (κ2) is 7.22. The third kappa shape index (κ3) is 3.54. The molecule has 1 aliphatic heterocycles. The number of amides is 1. The Hall–Kier alpha value is -2.15. The molecule has 0 bridgehead atoms. The summed E-state index contributed by atoms with van der Waals surface area (Å²) < 4.78 is 5.66. The molecule has 0 saturated carbocycles. The molecule has 2 rings (SSSR count). The van der Waals surface area contributed by atoms with Gasteiger partial charge in [-0.05, 0) is 31.4 Å². The maximum Gasteiger partial charge on any atom is 0.293 e. The molecule has 0 aromatic heterocycles. The van der Waals surface area contributed by atoms with Crippen LogP contribution in [-0.2, 0) is 4.74 Å². The van der Waals surface area contributed by atoms with E-state index in [0.29, 0.717) is 5.69 Å². The zero-order valence-corrected chi connectivity index (χ0v) is 12.8. The van der Waals surface area contributed by atoms with Gasteiger partial charge in [-0.1, -0.05) is 6.92 Å². The van der Waals surface area contributed by atoms with Crippen LogP contribution in [-0.4, -0.2) is 36.6 Å². The normalized spacial score (nSPS) is 18.7. The first-order valence-electron chi connectivity index (χ1n) is 7.45. The number of hydrogen-bond donors (Lipinski definition) is 2. The second-order valence-electron chi connectivity index (χ2n) is 5.28. The van der Waals surface area contributed by atoms with Gasteiger partial charge in [-0.15, -0.1) is 0 Å². The smallest absolute Gasteiger partial charge is 0.293 e. The highest BCUT2D eigenvalue weighted by atomic mass is 16.6. The maximum absolute atomic E-state index is 11.6. The van der Waals surface area contributed by atoms with Gasteiger partial charge in [0, 0.05) is 25.3 Å². The van der Waals surface area contributed by atoms with Crippen LogP contribution >= 0.6 is 0 Å². The number of hydrogen-bond acceptors (Lipinski definition) is 5. The largest absolute Gasteiger partial charge is 0.376 e. The van der Waals surface area contributed by atoms with Gasteiger partial charge < -0.3 is 15.4 Å². The van der Waals surface area contributed by atoms with Crippen LogP contribution in [0.3, 0.4) is 0 Å². The van der Waals surface area contributed by atoms with Crippen LogP contribution in [0.25, 0.3) is 0 Å². The molecule has 1 heterocycles. The van der Waals surface area contributed by atoms with Crippen molar-refractivity contribution in [3.05, 3.63) is 33.9 Å². The number of carbonyl (C=O) groups is 1. The van der Waals surface area contributed by atoms with Crippen LogP contribution < -0.4 is 10.6 Å². The lowest BCUT2D eigenvalue weighted by Gasteiger charge is -2.24. The Balaban J connectivity index is 2.25. The molecule has 22 heavy (non-hydrogen) atoms. The fraction of sp³-hybridized carbons (Fsp3) is 0.533. The van der Waals surface area contributed by atoms with Crippen LogP contribution in [0.15, 0.2) is 18.2 Å². The summed E-state index contributed by atoms with van der Waals surface area (Å²) in [6.07, 6.45) is 2.85. The number of benzene rings is 1. The lowest BCUT2D eigenvalue weighted by Crippen LogP contribution is -2.32. The zero-order chi connectivity index (χ0) is 16.1. The van der Waals surface area contributed by atoms with Crippen LogP contribution in [0.5, 0.6) is 0 Å². The Morgan fingerprint density at radius 2 is 2.32 bits per heavy atom. The average molecular weight is 307 g/mol. The van der Waals surface area contributed by atoms with Gasteiger partial charge in [0.2, 0.25) is 0 Å². The predicted molar refractivity (Wildman–Crippen MR) is 83.2 cm³/mol. The third-order valence-corrected chi connectivity index (χ3v) is 3.88. The molecule has 0 aliphatic carbocycles. The standard InChI is InChI=1S/C15H21N3O4/c1-3-11(14-5-4-8-22-14)17-12-7-6-10(15(19)16-2)9-13(12)18(20)21/h6-7,9,11,14,17H,3-5,8H2,1-2H3,(H,16,19). The van der Waals surface area contributed by atoms with Gasteiger partial charge in [0.1, 0.15) is 5.69 Å². The van der Waals surface area contributed by atoms with Crippen LogP contribution in [0.1, 0.15) is 36.5 Å².